The summed E-state index contributed by atoms with van der Waals surface area (Å²) in [5.41, 5.74) is 5.66. The summed E-state index contributed by atoms with van der Waals surface area (Å²) in [4.78, 5) is 11.3. The normalized spacial score (nSPS) is 12.5. The number of carbonyl (C=O) groups is 1. The van der Waals surface area contributed by atoms with E-state index in [-0.39, 0.29) is 11.9 Å². The lowest BCUT2D eigenvalue weighted by Gasteiger charge is -2.10. The molecule has 0 heterocycles. The van der Waals surface area contributed by atoms with Crippen LogP contribution in [-0.2, 0) is 4.79 Å². The van der Waals surface area contributed by atoms with Crippen molar-refractivity contribution in [3.8, 4) is 0 Å². The molecule has 1 amide bonds. The van der Waals surface area contributed by atoms with E-state index in [1.54, 1.807) is 0 Å². The summed E-state index contributed by atoms with van der Waals surface area (Å²) in [6, 6.07) is -0.314. The molecule has 0 saturated carbocycles. The lowest BCUT2D eigenvalue weighted by Crippen LogP contribution is -2.40. The third-order valence-corrected chi connectivity index (χ3v) is 2.27. The largest absolute Gasteiger partial charge is 0.355 e. The van der Waals surface area contributed by atoms with Gasteiger partial charge in [-0.1, -0.05) is 39.5 Å². The SMILES string of the molecule is CCCCCCNC(=O)C(N)CCC. The zero-order valence-electron chi connectivity index (χ0n) is 9.51. The maximum atomic E-state index is 11.3. The third-order valence-electron chi connectivity index (χ3n) is 2.27. The van der Waals surface area contributed by atoms with Gasteiger partial charge in [0, 0.05) is 6.54 Å². The highest BCUT2D eigenvalue weighted by Gasteiger charge is 2.10. The van der Waals surface area contributed by atoms with Gasteiger partial charge in [-0.3, -0.25) is 4.79 Å². The Labute approximate surface area is 87.4 Å². The van der Waals surface area contributed by atoms with Crippen molar-refractivity contribution in [3.05, 3.63) is 0 Å². The molecule has 0 fully saturated rings. The summed E-state index contributed by atoms with van der Waals surface area (Å²) in [5.74, 6) is 0.00310. The van der Waals surface area contributed by atoms with Gasteiger partial charge < -0.3 is 11.1 Å². The first-order valence-electron chi connectivity index (χ1n) is 5.75. The highest BCUT2D eigenvalue weighted by molar-refractivity contribution is 5.81. The number of nitrogens with one attached hydrogen (secondary N) is 1. The molecule has 0 aromatic carbocycles. The van der Waals surface area contributed by atoms with Gasteiger partial charge >= 0.3 is 0 Å². The van der Waals surface area contributed by atoms with Crippen molar-refractivity contribution in [1.29, 1.82) is 0 Å². The van der Waals surface area contributed by atoms with Crippen LogP contribution in [-0.4, -0.2) is 18.5 Å². The molecule has 0 bridgehead atoms. The quantitative estimate of drug-likeness (QED) is 0.587. The van der Waals surface area contributed by atoms with E-state index in [0.717, 1.165) is 25.8 Å². The van der Waals surface area contributed by atoms with Crippen molar-refractivity contribution in [2.24, 2.45) is 5.73 Å². The predicted octanol–water partition coefficient (Wildman–Crippen LogP) is 1.81. The van der Waals surface area contributed by atoms with E-state index in [1.807, 2.05) is 6.92 Å². The van der Waals surface area contributed by atoms with Crippen LogP contribution in [0, 0.1) is 0 Å². The van der Waals surface area contributed by atoms with Gasteiger partial charge in [-0.15, -0.1) is 0 Å². The third kappa shape index (κ3) is 6.89. The van der Waals surface area contributed by atoms with Crippen LogP contribution in [0.3, 0.4) is 0 Å². The smallest absolute Gasteiger partial charge is 0.236 e. The summed E-state index contributed by atoms with van der Waals surface area (Å²) in [6.07, 6.45) is 6.48. The predicted molar refractivity (Wildman–Crippen MR) is 60.0 cm³/mol. The molecule has 0 aromatic rings. The Bertz CT molecular complexity index is 148. The van der Waals surface area contributed by atoms with E-state index in [0.29, 0.717) is 0 Å². The monoisotopic (exact) mass is 200 g/mol. The van der Waals surface area contributed by atoms with Gasteiger partial charge in [0.2, 0.25) is 5.91 Å². The average Bonchev–Trinajstić information content (AvgIpc) is 2.17. The average molecular weight is 200 g/mol. The van der Waals surface area contributed by atoms with Crippen LogP contribution in [0.4, 0.5) is 0 Å². The second-order valence-corrected chi connectivity index (χ2v) is 3.75. The number of hydrogen-bond acceptors (Lipinski definition) is 2. The summed E-state index contributed by atoms with van der Waals surface area (Å²) in [5, 5.41) is 2.86. The van der Waals surface area contributed by atoms with E-state index in [2.05, 4.69) is 12.2 Å². The highest BCUT2D eigenvalue weighted by atomic mass is 16.2. The minimum Gasteiger partial charge on any atom is -0.355 e. The number of amides is 1. The minimum absolute atomic E-state index is 0.00310. The molecule has 0 saturated heterocycles. The molecule has 1 unspecified atom stereocenters. The van der Waals surface area contributed by atoms with Crippen LogP contribution in [0.25, 0.3) is 0 Å². The Morgan fingerprint density at radius 3 is 2.50 bits per heavy atom. The number of nitrogens with two attached hydrogens (primary N) is 1. The molecule has 14 heavy (non-hydrogen) atoms. The molecule has 0 spiro atoms. The molecule has 1 atom stereocenters. The molecular weight excluding hydrogens is 176 g/mol. The van der Waals surface area contributed by atoms with E-state index in [9.17, 15) is 4.79 Å². The zero-order valence-corrected chi connectivity index (χ0v) is 9.51. The standard InChI is InChI=1S/C11H24N2O/c1-3-5-6-7-9-13-11(14)10(12)8-4-2/h10H,3-9,12H2,1-2H3,(H,13,14). The topological polar surface area (TPSA) is 55.1 Å². The van der Waals surface area contributed by atoms with Gasteiger partial charge in [0.25, 0.3) is 0 Å². The first-order valence-corrected chi connectivity index (χ1v) is 5.75. The molecule has 0 aliphatic rings. The van der Waals surface area contributed by atoms with Crippen molar-refractivity contribution in [2.75, 3.05) is 6.54 Å². The van der Waals surface area contributed by atoms with Crippen molar-refractivity contribution in [1.82, 2.24) is 5.32 Å². The van der Waals surface area contributed by atoms with Crippen LogP contribution in [0.15, 0.2) is 0 Å². The molecule has 3 N–H and O–H groups in total. The number of hydrogen-bond donors (Lipinski definition) is 2. The Hall–Kier alpha value is -0.570. The van der Waals surface area contributed by atoms with Crippen molar-refractivity contribution in [2.45, 2.75) is 58.4 Å². The summed E-state index contributed by atoms with van der Waals surface area (Å²) < 4.78 is 0. The second kappa shape index (κ2) is 9.00. The molecule has 0 aliphatic carbocycles. The van der Waals surface area contributed by atoms with Gasteiger partial charge in [-0.25, -0.2) is 0 Å². The van der Waals surface area contributed by atoms with Crippen molar-refractivity contribution >= 4 is 5.91 Å². The molecule has 0 aliphatic heterocycles. The fourth-order valence-corrected chi connectivity index (χ4v) is 1.34. The first-order chi connectivity index (χ1) is 6.72. The maximum Gasteiger partial charge on any atom is 0.236 e. The van der Waals surface area contributed by atoms with Crippen molar-refractivity contribution in [3.63, 3.8) is 0 Å². The highest BCUT2D eigenvalue weighted by Crippen LogP contribution is 1.98. The minimum atomic E-state index is -0.314. The Balaban J connectivity index is 3.34. The van der Waals surface area contributed by atoms with Crippen LogP contribution in [0.2, 0.25) is 0 Å². The van der Waals surface area contributed by atoms with Crippen LogP contribution in [0.1, 0.15) is 52.4 Å². The molecule has 0 rings (SSSR count). The fraction of sp³-hybridized carbons (Fsp3) is 0.909. The van der Waals surface area contributed by atoms with E-state index >= 15 is 0 Å². The number of unbranched alkanes of at least 4 members (excludes halogenated alkanes) is 3. The van der Waals surface area contributed by atoms with Gasteiger partial charge in [-0.2, -0.15) is 0 Å². The number of rotatable bonds is 8. The summed E-state index contributed by atoms with van der Waals surface area (Å²) in [6.45, 7) is 4.99. The second-order valence-electron chi connectivity index (χ2n) is 3.75. The Morgan fingerprint density at radius 1 is 1.21 bits per heavy atom. The van der Waals surface area contributed by atoms with E-state index < -0.39 is 0 Å². The Kier molecular flexibility index (Phi) is 8.64. The molecule has 3 heteroatoms. The van der Waals surface area contributed by atoms with Crippen molar-refractivity contribution < 1.29 is 4.79 Å². The molecule has 84 valence electrons. The van der Waals surface area contributed by atoms with Crippen LogP contribution in [0.5, 0.6) is 0 Å². The van der Waals surface area contributed by atoms with E-state index in [4.69, 9.17) is 5.73 Å². The fourth-order valence-electron chi connectivity index (χ4n) is 1.34. The molecular formula is C11H24N2O. The summed E-state index contributed by atoms with van der Waals surface area (Å²) >= 11 is 0. The zero-order chi connectivity index (χ0) is 10.8. The molecule has 0 radical (unpaired) electrons. The lowest BCUT2D eigenvalue weighted by atomic mass is 10.1. The van der Waals surface area contributed by atoms with Gasteiger partial charge in [-0.05, 0) is 12.8 Å². The number of carbonyl (C=O) groups excluding carboxylic acids is 1. The molecule has 0 aromatic heterocycles. The van der Waals surface area contributed by atoms with E-state index in [1.165, 1.54) is 19.3 Å². The lowest BCUT2D eigenvalue weighted by molar-refractivity contribution is -0.122. The van der Waals surface area contributed by atoms with Crippen LogP contribution >= 0.6 is 0 Å². The van der Waals surface area contributed by atoms with Gasteiger partial charge in [0.1, 0.15) is 0 Å². The van der Waals surface area contributed by atoms with Gasteiger partial charge in [0.15, 0.2) is 0 Å². The molecule has 3 nitrogen and oxygen atoms in total. The maximum absolute atomic E-state index is 11.3. The van der Waals surface area contributed by atoms with Crippen LogP contribution < -0.4 is 11.1 Å². The first kappa shape index (κ1) is 13.4. The summed E-state index contributed by atoms with van der Waals surface area (Å²) in [7, 11) is 0. The van der Waals surface area contributed by atoms with Gasteiger partial charge in [0.05, 0.1) is 6.04 Å². The Morgan fingerprint density at radius 2 is 1.93 bits per heavy atom.